The molecule has 2 aromatic carbocycles. The predicted octanol–water partition coefficient (Wildman–Crippen LogP) is 4.86. The van der Waals surface area contributed by atoms with Gasteiger partial charge in [0, 0.05) is 10.1 Å². The third kappa shape index (κ3) is 2.17. The van der Waals surface area contributed by atoms with Crippen molar-refractivity contribution in [3.8, 4) is 5.75 Å². The first-order chi connectivity index (χ1) is 9.72. The molecule has 0 saturated heterocycles. The highest BCUT2D eigenvalue weighted by Crippen LogP contribution is 2.35. The number of fused-ring (bicyclic) bond motifs is 2. The Morgan fingerprint density at radius 1 is 1.20 bits per heavy atom. The molecule has 102 valence electrons. The maximum atomic E-state index is 12.6. The number of hydrogen-bond acceptors (Lipinski definition) is 3. The van der Waals surface area contributed by atoms with Crippen LogP contribution in [0.4, 0.5) is 0 Å². The fraction of sp³-hybridized carbons (Fsp3) is 0.188. The van der Waals surface area contributed by atoms with Gasteiger partial charge in [-0.3, -0.25) is 4.79 Å². The number of halogens is 1. The van der Waals surface area contributed by atoms with Gasteiger partial charge in [0.05, 0.1) is 21.7 Å². The van der Waals surface area contributed by atoms with Crippen LogP contribution in [0.15, 0.2) is 41.2 Å². The normalized spacial score (nSPS) is 11.1. The Kier molecular flexibility index (Phi) is 3.64. The molecule has 0 amide bonds. The van der Waals surface area contributed by atoms with E-state index in [0.717, 1.165) is 21.6 Å². The smallest absolute Gasteiger partial charge is 0.197 e. The van der Waals surface area contributed by atoms with Crippen LogP contribution in [0.2, 0.25) is 5.02 Å². The first kappa shape index (κ1) is 13.4. The van der Waals surface area contributed by atoms with E-state index in [2.05, 4.69) is 6.92 Å². The molecule has 0 bridgehead atoms. The Balaban J connectivity index is 2.40. The molecule has 20 heavy (non-hydrogen) atoms. The van der Waals surface area contributed by atoms with Gasteiger partial charge in [0.15, 0.2) is 5.43 Å². The van der Waals surface area contributed by atoms with Gasteiger partial charge in [-0.1, -0.05) is 30.7 Å². The molecule has 2 nitrogen and oxygen atoms in total. The average Bonchev–Trinajstić information content (AvgIpc) is 2.47. The van der Waals surface area contributed by atoms with Crippen LogP contribution in [0.1, 0.15) is 13.3 Å². The fourth-order valence-corrected chi connectivity index (χ4v) is 3.63. The molecule has 3 aromatic rings. The highest BCUT2D eigenvalue weighted by Gasteiger charge is 2.13. The summed E-state index contributed by atoms with van der Waals surface area (Å²) in [6, 6.07) is 11.2. The summed E-state index contributed by atoms with van der Waals surface area (Å²) in [6.45, 7) is 2.68. The number of rotatable bonds is 3. The zero-order valence-electron chi connectivity index (χ0n) is 11.0. The van der Waals surface area contributed by atoms with Crippen LogP contribution in [-0.2, 0) is 0 Å². The second kappa shape index (κ2) is 5.43. The minimum absolute atomic E-state index is 0.0266. The largest absolute Gasteiger partial charge is 0.492 e. The highest BCUT2D eigenvalue weighted by atomic mass is 35.5. The second-order valence-corrected chi connectivity index (χ2v) is 5.98. The summed E-state index contributed by atoms with van der Waals surface area (Å²) in [5, 5.41) is 1.75. The van der Waals surface area contributed by atoms with E-state index in [4.69, 9.17) is 16.3 Å². The van der Waals surface area contributed by atoms with Crippen molar-refractivity contribution in [2.45, 2.75) is 13.3 Å². The molecule has 0 spiro atoms. The lowest BCUT2D eigenvalue weighted by molar-refractivity contribution is 0.321. The summed E-state index contributed by atoms with van der Waals surface area (Å²) >= 11 is 7.77. The van der Waals surface area contributed by atoms with Crippen LogP contribution < -0.4 is 10.2 Å². The van der Waals surface area contributed by atoms with Crippen molar-refractivity contribution in [1.29, 1.82) is 0 Å². The predicted molar refractivity (Wildman–Crippen MR) is 86.4 cm³/mol. The number of ether oxygens (including phenoxy) is 1. The van der Waals surface area contributed by atoms with Crippen LogP contribution in [0, 0.1) is 0 Å². The van der Waals surface area contributed by atoms with Crippen molar-refractivity contribution < 1.29 is 4.74 Å². The molecular formula is C16H13ClO2S. The lowest BCUT2D eigenvalue weighted by Crippen LogP contribution is -2.03. The van der Waals surface area contributed by atoms with Crippen LogP contribution in [0.25, 0.3) is 20.2 Å². The van der Waals surface area contributed by atoms with Crippen LogP contribution in [-0.4, -0.2) is 6.61 Å². The molecule has 0 aliphatic carbocycles. The lowest BCUT2D eigenvalue weighted by atomic mass is 10.2. The maximum absolute atomic E-state index is 12.6. The minimum Gasteiger partial charge on any atom is -0.492 e. The Hall–Kier alpha value is -1.58. The Bertz CT molecular complexity index is 839. The topological polar surface area (TPSA) is 26.3 Å². The minimum atomic E-state index is -0.0266. The van der Waals surface area contributed by atoms with Crippen molar-refractivity contribution >= 4 is 43.1 Å². The summed E-state index contributed by atoms with van der Waals surface area (Å²) in [5.74, 6) is 0.735. The second-order valence-electron chi connectivity index (χ2n) is 4.53. The van der Waals surface area contributed by atoms with E-state index in [1.165, 1.54) is 0 Å². The molecule has 1 heterocycles. The van der Waals surface area contributed by atoms with E-state index < -0.39 is 0 Å². The number of hydrogen-bond donors (Lipinski definition) is 0. The van der Waals surface area contributed by atoms with Crippen LogP contribution in [0.5, 0.6) is 5.75 Å². The molecule has 0 radical (unpaired) electrons. The van der Waals surface area contributed by atoms with Gasteiger partial charge in [0.2, 0.25) is 0 Å². The fourth-order valence-electron chi connectivity index (χ4n) is 2.17. The van der Waals surface area contributed by atoms with Gasteiger partial charge >= 0.3 is 0 Å². The number of benzene rings is 2. The molecule has 3 rings (SSSR count). The standard InChI is InChI=1S/C16H13ClO2S/c1-2-9-19-12-8-7-11(17)14-15(18)10-5-3-4-6-13(10)20-16(12)14/h3-8H,2,9H2,1H3. The van der Waals surface area contributed by atoms with Gasteiger partial charge in [-0.25, -0.2) is 0 Å². The lowest BCUT2D eigenvalue weighted by Gasteiger charge is -2.09. The zero-order valence-corrected chi connectivity index (χ0v) is 12.6. The van der Waals surface area contributed by atoms with Gasteiger partial charge in [-0.2, -0.15) is 0 Å². The SMILES string of the molecule is CCCOc1ccc(Cl)c2c(=O)c3ccccc3sc12. The van der Waals surface area contributed by atoms with E-state index in [1.807, 2.05) is 30.3 Å². The Morgan fingerprint density at radius 3 is 2.80 bits per heavy atom. The van der Waals surface area contributed by atoms with Gasteiger partial charge in [-0.15, -0.1) is 11.3 Å². The summed E-state index contributed by atoms with van der Waals surface area (Å²) in [6.07, 6.45) is 0.923. The van der Waals surface area contributed by atoms with E-state index in [9.17, 15) is 4.79 Å². The average molecular weight is 305 g/mol. The molecule has 1 aromatic heterocycles. The molecule has 0 saturated carbocycles. The molecular weight excluding hydrogens is 292 g/mol. The van der Waals surface area contributed by atoms with Crippen molar-refractivity contribution in [3.05, 3.63) is 51.6 Å². The first-order valence-electron chi connectivity index (χ1n) is 6.49. The molecule has 0 atom stereocenters. The van der Waals surface area contributed by atoms with Crippen molar-refractivity contribution in [2.75, 3.05) is 6.61 Å². The first-order valence-corrected chi connectivity index (χ1v) is 7.68. The highest BCUT2D eigenvalue weighted by molar-refractivity contribution is 7.25. The van der Waals surface area contributed by atoms with Gasteiger partial charge < -0.3 is 4.74 Å². The summed E-state index contributed by atoms with van der Waals surface area (Å²) < 4.78 is 7.52. The van der Waals surface area contributed by atoms with Gasteiger partial charge in [0.25, 0.3) is 0 Å². The van der Waals surface area contributed by atoms with Gasteiger partial charge in [0.1, 0.15) is 5.75 Å². The zero-order chi connectivity index (χ0) is 14.1. The van der Waals surface area contributed by atoms with E-state index in [1.54, 1.807) is 17.4 Å². The summed E-state index contributed by atoms with van der Waals surface area (Å²) in [4.78, 5) is 12.6. The van der Waals surface area contributed by atoms with E-state index >= 15 is 0 Å². The molecule has 0 N–H and O–H groups in total. The maximum Gasteiger partial charge on any atom is 0.197 e. The van der Waals surface area contributed by atoms with Gasteiger partial charge in [-0.05, 0) is 30.7 Å². The van der Waals surface area contributed by atoms with E-state index in [0.29, 0.717) is 22.4 Å². The van der Waals surface area contributed by atoms with Crippen molar-refractivity contribution in [2.24, 2.45) is 0 Å². The van der Waals surface area contributed by atoms with Crippen molar-refractivity contribution in [1.82, 2.24) is 0 Å². The van der Waals surface area contributed by atoms with Crippen LogP contribution in [0.3, 0.4) is 0 Å². The third-order valence-electron chi connectivity index (χ3n) is 3.10. The summed E-state index contributed by atoms with van der Waals surface area (Å²) in [5.41, 5.74) is -0.0266. The quantitative estimate of drug-likeness (QED) is 0.646. The monoisotopic (exact) mass is 304 g/mol. The molecule has 0 aliphatic heterocycles. The molecule has 0 aliphatic rings. The molecule has 0 fully saturated rings. The van der Waals surface area contributed by atoms with E-state index in [-0.39, 0.29) is 5.43 Å². The van der Waals surface area contributed by atoms with Crippen molar-refractivity contribution in [3.63, 3.8) is 0 Å². The Morgan fingerprint density at radius 2 is 2.00 bits per heavy atom. The molecule has 0 unspecified atom stereocenters. The van der Waals surface area contributed by atoms with Crippen LogP contribution >= 0.6 is 22.9 Å². The summed E-state index contributed by atoms with van der Waals surface area (Å²) in [7, 11) is 0. The Labute approximate surface area is 125 Å². The third-order valence-corrected chi connectivity index (χ3v) is 4.60. The molecule has 4 heteroatoms.